The zero-order chi connectivity index (χ0) is 19.8. The minimum atomic E-state index is 0.764. The summed E-state index contributed by atoms with van der Waals surface area (Å²) in [5.41, 5.74) is 3.93. The first-order valence-electron chi connectivity index (χ1n) is 8.48. The summed E-state index contributed by atoms with van der Waals surface area (Å²) in [5, 5.41) is 8.61. The Balaban J connectivity index is 1.20. The van der Waals surface area contributed by atoms with Gasteiger partial charge in [-0.05, 0) is 56.1 Å². The second kappa shape index (κ2) is 8.38. The number of hydrogen-bond donors (Lipinski definition) is 0. The zero-order valence-electron chi connectivity index (χ0n) is 14.7. The van der Waals surface area contributed by atoms with Gasteiger partial charge >= 0.3 is 0 Å². The number of rotatable bonds is 6. The maximum Gasteiger partial charge on any atom is 0.175 e. The molecule has 5 rings (SSSR count). The van der Waals surface area contributed by atoms with Gasteiger partial charge in [0.15, 0.2) is 8.68 Å². The third-order valence-electron chi connectivity index (χ3n) is 4.00. The van der Waals surface area contributed by atoms with Gasteiger partial charge in [-0.2, -0.15) is 0 Å². The Hall–Kier alpha value is -1.40. The first-order chi connectivity index (χ1) is 14.1. The Morgan fingerprint density at radius 3 is 1.69 bits per heavy atom. The van der Waals surface area contributed by atoms with Gasteiger partial charge in [0.05, 0.1) is 11.4 Å². The van der Waals surface area contributed by atoms with E-state index in [1.807, 2.05) is 57.9 Å². The maximum atomic E-state index is 4.64. The molecule has 0 saturated heterocycles. The molecule has 0 aromatic carbocycles. The first-order valence-corrected chi connectivity index (χ1v) is 12.9. The molecule has 0 spiro atoms. The van der Waals surface area contributed by atoms with Gasteiger partial charge in [-0.25, -0.2) is 9.97 Å². The molecule has 0 amide bonds. The highest BCUT2D eigenvalue weighted by molar-refractivity contribution is 9.10. The van der Waals surface area contributed by atoms with Crippen LogP contribution in [0.3, 0.4) is 0 Å². The number of halogens is 2. The standard InChI is InChI=1S/C18H12Br2N6S3/c19-11-1-3-15-21-13(7-25(15)5-11)9-27-17-23-24-18(29-17)28-10-14-8-26-6-12(20)2-4-16(26)22-14/h1-8H,9-10H2. The SMILES string of the molecule is Brc1ccc2nc(CSc3nnc(SCc4cn5cc(Br)ccc5n4)s3)cn2c1. The molecule has 0 saturated carbocycles. The van der Waals surface area contributed by atoms with Crippen LogP contribution in [-0.4, -0.2) is 29.0 Å². The van der Waals surface area contributed by atoms with Crippen LogP contribution in [0.2, 0.25) is 0 Å². The molecule has 146 valence electrons. The monoisotopic (exact) mass is 566 g/mol. The predicted octanol–water partition coefficient (Wildman–Crippen LogP) is 5.94. The summed E-state index contributed by atoms with van der Waals surface area (Å²) >= 11 is 11.9. The number of fused-ring (bicyclic) bond motifs is 2. The maximum absolute atomic E-state index is 4.64. The summed E-state index contributed by atoms with van der Waals surface area (Å²) in [7, 11) is 0. The van der Waals surface area contributed by atoms with Gasteiger partial charge in [-0.15, -0.1) is 10.2 Å². The number of imidazole rings is 2. The van der Waals surface area contributed by atoms with Crippen molar-refractivity contribution in [3.63, 3.8) is 0 Å². The molecule has 0 fully saturated rings. The van der Waals surface area contributed by atoms with Crippen LogP contribution in [0.25, 0.3) is 11.3 Å². The van der Waals surface area contributed by atoms with Crippen molar-refractivity contribution in [3.05, 3.63) is 69.4 Å². The molecule has 0 aliphatic rings. The summed E-state index contributed by atoms with van der Waals surface area (Å²) in [6, 6.07) is 7.98. The van der Waals surface area contributed by atoms with E-state index in [1.165, 1.54) is 0 Å². The smallest absolute Gasteiger partial charge is 0.175 e. The largest absolute Gasteiger partial charge is 0.306 e. The van der Waals surface area contributed by atoms with E-state index in [0.717, 1.165) is 51.8 Å². The Bertz CT molecular complexity index is 1210. The summed E-state index contributed by atoms with van der Waals surface area (Å²) in [6.45, 7) is 0. The van der Waals surface area contributed by atoms with Crippen LogP contribution in [0.4, 0.5) is 0 Å². The minimum Gasteiger partial charge on any atom is -0.306 e. The van der Waals surface area contributed by atoms with Crippen molar-refractivity contribution < 1.29 is 0 Å². The molecule has 0 unspecified atom stereocenters. The van der Waals surface area contributed by atoms with Gasteiger partial charge in [0, 0.05) is 45.2 Å². The van der Waals surface area contributed by atoms with E-state index in [9.17, 15) is 0 Å². The van der Waals surface area contributed by atoms with Gasteiger partial charge in [0.1, 0.15) is 11.3 Å². The Labute approximate surface area is 195 Å². The van der Waals surface area contributed by atoms with E-state index >= 15 is 0 Å². The molecular weight excluding hydrogens is 556 g/mol. The average Bonchev–Trinajstić information content (AvgIpc) is 3.41. The van der Waals surface area contributed by atoms with E-state index in [-0.39, 0.29) is 0 Å². The zero-order valence-corrected chi connectivity index (χ0v) is 20.3. The van der Waals surface area contributed by atoms with Gasteiger partial charge < -0.3 is 8.80 Å². The van der Waals surface area contributed by atoms with Crippen molar-refractivity contribution in [1.29, 1.82) is 0 Å². The molecule has 5 aromatic rings. The van der Waals surface area contributed by atoms with Gasteiger partial charge in [-0.3, -0.25) is 0 Å². The number of pyridine rings is 2. The highest BCUT2D eigenvalue weighted by atomic mass is 79.9. The van der Waals surface area contributed by atoms with Crippen LogP contribution in [0, 0.1) is 0 Å². The number of thioether (sulfide) groups is 2. The van der Waals surface area contributed by atoms with Crippen LogP contribution < -0.4 is 0 Å². The second-order valence-corrected chi connectivity index (χ2v) is 11.4. The Kier molecular flexibility index (Phi) is 5.65. The fraction of sp³-hybridized carbons (Fsp3) is 0.111. The lowest BCUT2D eigenvalue weighted by Crippen LogP contribution is -1.80. The third kappa shape index (κ3) is 4.53. The molecule has 0 bridgehead atoms. The molecular formula is C18H12Br2N6S3. The molecule has 0 aliphatic heterocycles. The minimum absolute atomic E-state index is 0.764. The van der Waals surface area contributed by atoms with Gasteiger partial charge in [0.2, 0.25) is 0 Å². The summed E-state index contributed by atoms with van der Waals surface area (Å²) in [5.74, 6) is 1.53. The fourth-order valence-electron chi connectivity index (χ4n) is 2.76. The molecule has 0 radical (unpaired) electrons. The molecule has 0 atom stereocenters. The fourth-order valence-corrected chi connectivity index (χ4v) is 6.25. The van der Waals surface area contributed by atoms with Crippen LogP contribution in [0.5, 0.6) is 0 Å². The van der Waals surface area contributed by atoms with E-state index < -0.39 is 0 Å². The lowest BCUT2D eigenvalue weighted by Gasteiger charge is -1.92. The Morgan fingerprint density at radius 1 is 0.724 bits per heavy atom. The normalized spacial score (nSPS) is 11.7. The van der Waals surface area contributed by atoms with E-state index in [1.54, 1.807) is 34.9 Å². The summed E-state index contributed by atoms with van der Waals surface area (Å²) in [4.78, 5) is 9.27. The number of aromatic nitrogens is 6. The van der Waals surface area contributed by atoms with Crippen LogP contribution >= 0.6 is 66.7 Å². The Morgan fingerprint density at radius 2 is 1.21 bits per heavy atom. The van der Waals surface area contributed by atoms with Crippen molar-refractivity contribution in [2.45, 2.75) is 20.2 Å². The average molecular weight is 568 g/mol. The van der Waals surface area contributed by atoms with Crippen molar-refractivity contribution in [2.75, 3.05) is 0 Å². The lowest BCUT2D eigenvalue weighted by molar-refractivity contribution is 0.953. The van der Waals surface area contributed by atoms with Crippen molar-refractivity contribution >= 4 is 78.0 Å². The quantitative estimate of drug-likeness (QED) is 0.236. The van der Waals surface area contributed by atoms with Crippen molar-refractivity contribution in [3.8, 4) is 0 Å². The number of nitrogens with zero attached hydrogens (tertiary/aromatic N) is 6. The lowest BCUT2D eigenvalue weighted by atomic mass is 10.5. The molecule has 0 aliphatic carbocycles. The van der Waals surface area contributed by atoms with E-state index in [0.29, 0.717) is 0 Å². The molecule has 5 aromatic heterocycles. The van der Waals surface area contributed by atoms with Crippen LogP contribution in [0.15, 0.2) is 66.7 Å². The molecule has 0 N–H and O–H groups in total. The predicted molar refractivity (Wildman–Crippen MR) is 125 cm³/mol. The van der Waals surface area contributed by atoms with Crippen LogP contribution in [0.1, 0.15) is 11.4 Å². The highest BCUT2D eigenvalue weighted by Gasteiger charge is 2.10. The first kappa shape index (κ1) is 19.6. The second-order valence-electron chi connectivity index (χ2n) is 6.10. The summed E-state index contributed by atoms with van der Waals surface area (Å²) < 4.78 is 8.01. The van der Waals surface area contributed by atoms with Crippen LogP contribution in [-0.2, 0) is 11.5 Å². The molecule has 5 heterocycles. The topological polar surface area (TPSA) is 60.4 Å². The molecule has 6 nitrogen and oxygen atoms in total. The molecule has 11 heteroatoms. The summed E-state index contributed by atoms with van der Waals surface area (Å²) in [6.07, 6.45) is 8.11. The number of hydrogen-bond acceptors (Lipinski definition) is 7. The van der Waals surface area contributed by atoms with E-state index in [4.69, 9.17) is 0 Å². The highest BCUT2D eigenvalue weighted by Crippen LogP contribution is 2.32. The third-order valence-corrected chi connectivity index (χ3v) is 8.20. The van der Waals surface area contributed by atoms with Gasteiger partial charge in [0.25, 0.3) is 0 Å². The van der Waals surface area contributed by atoms with Crippen molar-refractivity contribution in [1.82, 2.24) is 29.0 Å². The van der Waals surface area contributed by atoms with Gasteiger partial charge in [-0.1, -0.05) is 34.9 Å². The van der Waals surface area contributed by atoms with Crippen molar-refractivity contribution in [2.24, 2.45) is 0 Å². The molecule has 29 heavy (non-hydrogen) atoms. The van der Waals surface area contributed by atoms with E-state index in [2.05, 4.69) is 52.0 Å².